The minimum absolute atomic E-state index is 0.0933. The SMILES string of the molecule is COc1ccc(Br)cc1CCc1c(F)cccc1C(=O)NC(N)=NC1CCCCC1. The molecule has 2 aromatic carbocycles. The number of aryl methyl sites for hydroxylation is 1. The number of benzene rings is 2. The minimum atomic E-state index is -0.442. The van der Waals surface area contributed by atoms with Crippen LogP contribution in [0.1, 0.15) is 53.6 Å². The first-order valence-corrected chi connectivity index (χ1v) is 11.0. The zero-order valence-electron chi connectivity index (χ0n) is 17.1. The third-order valence-electron chi connectivity index (χ3n) is 5.39. The number of methoxy groups -OCH3 is 1. The number of carbonyl (C=O) groups excluding carboxylic acids is 1. The van der Waals surface area contributed by atoms with Crippen LogP contribution in [0.4, 0.5) is 4.39 Å². The van der Waals surface area contributed by atoms with Crippen LogP contribution in [0.25, 0.3) is 0 Å². The van der Waals surface area contributed by atoms with E-state index in [9.17, 15) is 9.18 Å². The zero-order chi connectivity index (χ0) is 21.5. The fourth-order valence-electron chi connectivity index (χ4n) is 3.85. The Morgan fingerprint density at radius 1 is 1.23 bits per heavy atom. The zero-order valence-corrected chi connectivity index (χ0v) is 18.7. The predicted octanol–water partition coefficient (Wildman–Crippen LogP) is 4.76. The summed E-state index contributed by atoms with van der Waals surface area (Å²) >= 11 is 3.45. The number of nitrogens with zero attached hydrogens (tertiary/aromatic N) is 1. The Bertz CT molecular complexity index is 927. The fourth-order valence-corrected chi connectivity index (χ4v) is 4.26. The average molecular weight is 476 g/mol. The Morgan fingerprint density at radius 3 is 2.73 bits per heavy atom. The molecule has 0 atom stereocenters. The van der Waals surface area contributed by atoms with Gasteiger partial charge in [0.25, 0.3) is 5.91 Å². The third kappa shape index (κ3) is 5.81. The maximum atomic E-state index is 14.6. The van der Waals surface area contributed by atoms with E-state index in [4.69, 9.17) is 10.5 Å². The summed E-state index contributed by atoms with van der Waals surface area (Å²) in [7, 11) is 1.60. The van der Waals surface area contributed by atoms with E-state index in [1.807, 2.05) is 18.2 Å². The highest BCUT2D eigenvalue weighted by Crippen LogP contribution is 2.26. The third-order valence-corrected chi connectivity index (χ3v) is 5.88. The molecule has 1 amide bonds. The largest absolute Gasteiger partial charge is 0.496 e. The van der Waals surface area contributed by atoms with Crippen LogP contribution in [0, 0.1) is 5.82 Å². The van der Waals surface area contributed by atoms with E-state index in [1.165, 1.54) is 18.6 Å². The first-order valence-electron chi connectivity index (χ1n) is 10.2. The molecule has 30 heavy (non-hydrogen) atoms. The molecule has 1 saturated carbocycles. The molecule has 1 aliphatic carbocycles. The molecule has 0 radical (unpaired) electrons. The van der Waals surface area contributed by atoms with E-state index < -0.39 is 11.7 Å². The van der Waals surface area contributed by atoms with Crippen LogP contribution in [0.15, 0.2) is 45.9 Å². The molecule has 0 bridgehead atoms. The van der Waals surface area contributed by atoms with Gasteiger partial charge in [-0.05, 0) is 61.6 Å². The maximum Gasteiger partial charge on any atom is 0.258 e. The van der Waals surface area contributed by atoms with Crippen molar-refractivity contribution in [1.82, 2.24) is 5.32 Å². The number of guanidine groups is 1. The highest BCUT2D eigenvalue weighted by molar-refractivity contribution is 9.10. The number of nitrogens with two attached hydrogens (primary N) is 1. The number of halogens is 2. The number of carbonyl (C=O) groups is 1. The van der Waals surface area contributed by atoms with Gasteiger partial charge in [-0.2, -0.15) is 0 Å². The number of hydrogen-bond donors (Lipinski definition) is 2. The molecule has 0 saturated heterocycles. The summed E-state index contributed by atoms with van der Waals surface area (Å²) in [6.45, 7) is 0. The van der Waals surface area contributed by atoms with Crippen LogP contribution in [0.2, 0.25) is 0 Å². The first-order chi connectivity index (χ1) is 14.5. The van der Waals surface area contributed by atoms with Gasteiger partial charge in [-0.1, -0.05) is 41.3 Å². The van der Waals surface area contributed by atoms with Gasteiger partial charge in [0, 0.05) is 15.6 Å². The molecule has 160 valence electrons. The molecule has 3 N–H and O–H groups in total. The number of nitrogens with one attached hydrogen (secondary N) is 1. The van der Waals surface area contributed by atoms with Gasteiger partial charge in [-0.25, -0.2) is 9.38 Å². The molecule has 7 heteroatoms. The molecular formula is C23H27BrFN3O2. The van der Waals surface area contributed by atoms with Crippen LogP contribution in [0.3, 0.4) is 0 Å². The molecular weight excluding hydrogens is 449 g/mol. The second-order valence-electron chi connectivity index (χ2n) is 7.48. The molecule has 0 aliphatic heterocycles. The topological polar surface area (TPSA) is 76.7 Å². The van der Waals surface area contributed by atoms with Crippen molar-refractivity contribution >= 4 is 27.8 Å². The molecule has 0 spiro atoms. The first kappa shape index (κ1) is 22.3. The van der Waals surface area contributed by atoms with E-state index in [0.29, 0.717) is 18.4 Å². The molecule has 3 rings (SSSR count). The lowest BCUT2D eigenvalue weighted by atomic mass is 9.96. The lowest BCUT2D eigenvalue weighted by Gasteiger charge is -2.18. The highest BCUT2D eigenvalue weighted by atomic mass is 79.9. The Balaban J connectivity index is 1.75. The number of amides is 1. The van der Waals surface area contributed by atoms with Gasteiger partial charge >= 0.3 is 0 Å². The fraction of sp³-hybridized carbons (Fsp3) is 0.391. The van der Waals surface area contributed by atoms with E-state index in [1.54, 1.807) is 13.2 Å². The van der Waals surface area contributed by atoms with Gasteiger partial charge in [-0.3, -0.25) is 10.1 Å². The van der Waals surface area contributed by atoms with Crippen molar-refractivity contribution in [3.8, 4) is 5.75 Å². The Labute approximate surface area is 185 Å². The second kappa shape index (κ2) is 10.6. The Kier molecular flexibility index (Phi) is 7.85. The van der Waals surface area contributed by atoms with Crippen molar-refractivity contribution in [1.29, 1.82) is 0 Å². The number of ether oxygens (including phenoxy) is 1. The van der Waals surface area contributed by atoms with Gasteiger partial charge in [0.2, 0.25) is 0 Å². The normalized spacial score (nSPS) is 15.1. The smallest absolute Gasteiger partial charge is 0.258 e. The average Bonchev–Trinajstić information content (AvgIpc) is 2.73. The van der Waals surface area contributed by atoms with Gasteiger partial charge in [0.1, 0.15) is 11.6 Å². The summed E-state index contributed by atoms with van der Waals surface area (Å²) in [6.07, 6.45) is 6.31. The summed E-state index contributed by atoms with van der Waals surface area (Å²) in [5.41, 5.74) is 7.50. The molecule has 0 unspecified atom stereocenters. The Morgan fingerprint density at radius 2 is 2.00 bits per heavy atom. The lowest BCUT2D eigenvalue weighted by molar-refractivity contribution is 0.0975. The van der Waals surface area contributed by atoms with Crippen LogP contribution < -0.4 is 15.8 Å². The monoisotopic (exact) mass is 475 g/mol. The van der Waals surface area contributed by atoms with E-state index >= 15 is 0 Å². The van der Waals surface area contributed by atoms with E-state index in [0.717, 1.165) is 41.5 Å². The van der Waals surface area contributed by atoms with Crippen LogP contribution >= 0.6 is 15.9 Å². The van der Waals surface area contributed by atoms with E-state index in [2.05, 4.69) is 26.2 Å². The van der Waals surface area contributed by atoms with Crippen molar-refractivity contribution in [3.63, 3.8) is 0 Å². The quantitative estimate of drug-likeness (QED) is 0.466. The molecule has 2 aromatic rings. The maximum absolute atomic E-state index is 14.6. The van der Waals surface area contributed by atoms with Crippen LogP contribution in [0.5, 0.6) is 5.75 Å². The minimum Gasteiger partial charge on any atom is -0.496 e. The lowest BCUT2D eigenvalue weighted by Crippen LogP contribution is -2.38. The van der Waals surface area contributed by atoms with Crippen LogP contribution in [-0.2, 0) is 12.8 Å². The van der Waals surface area contributed by atoms with Gasteiger partial charge < -0.3 is 10.5 Å². The van der Waals surface area contributed by atoms with Crippen molar-refractivity contribution in [2.45, 2.75) is 51.0 Å². The molecule has 5 nitrogen and oxygen atoms in total. The summed E-state index contributed by atoms with van der Waals surface area (Å²) in [6, 6.07) is 10.3. The van der Waals surface area contributed by atoms with Crippen molar-refractivity contribution in [3.05, 3.63) is 63.4 Å². The number of rotatable bonds is 6. The number of hydrogen-bond acceptors (Lipinski definition) is 3. The van der Waals surface area contributed by atoms with Crippen molar-refractivity contribution in [2.75, 3.05) is 7.11 Å². The molecule has 1 aliphatic rings. The second-order valence-corrected chi connectivity index (χ2v) is 8.40. The predicted molar refractivity (Wildman–Crippen MR) is 120 cm³/mol. The van der Waals surface area contributed by atoms with Gasteiger partial charge in [0.05, 0.1) is 13.2 Å². The summed E-state index contributed by atoms with van der Waals surface area (Å²) in [5.74, 6) is -0.0395. The van der Waals surface area contributed by atoms with Crippen LogP contribution in [-0.4, -0.2) is 25.0 Å². The summed E-state index contributed by atoms with van der Waals surface area (Å²) in [4.78, 5) is 17.2. The summed E-state index contributed by atoms with van der Waals surface area (Å²) < 4.78 is 20.9. The highest BCUT2D eigenvalue weighted by Gasteiger charge is 2.18. The number of aliphatic imine (C=N–C) groups is 1. The van der Waals surface area contributed by atoms with E-state index in [-0.39, 0.29) is 17.6 Å². The standard InChI is InChI=1S/C23H27BrFN3O2/c1-30-21-13-11-16(24)14-15(21)10-12-18-19(8-5-9-20(18)25)22(29)28-23(26)27-17-6-3-2-4-7-17/h5,8-9,11,13-14,17H,2-4,6-7,10,12H2,1H3,(H3,26,27,28,29). The molecule has 0 aromatic heterocycles. The van der Waals surface area contributed by atoms with Crippen molar-refractivity contribution < 1.29 is 13.9 Å². The van der Waals surface area contributed by atoms with Crippen molar-refractivity contribution in [2.24, 2.45) is 10.7 Å². The van der Waals surface area contributed by atoms with Gasteiger partial charge in [0.15, 0.2) is 5.96 Å². The molecule has 0 heterocycles. The Hall–Kier alpha value is -2.41. The molecule has 1 fully saturated rings. The van der Waals surface area contributed by atoms with Gasteiger partial charge in [-0.15, -0.1) is 0 Å². The summed E-state index contributed by atoms with van der Waals surface area (Å²) in [5, 5.41) is 2.63.